The van der Waals surface area contributed by atoms with Gasteiger partial charge in [0.05, 0.1) is 10.8 Å². The van der Waals surface area contributed by atoms with Crippen molar-refractivity contribution in [3.63, 3.8) is 0 Å². The lowest BCUT2D eigenvalue weighted by molar-refractivity contribution is 0.566. The Bertz CT molecular complexity index is 724. The summed E-state index contributed by atoms with van der Waals surface area (Å²) in [6.45, 7) is 4.75. The average Bonchev–Trinajstić information content (AvgIpc) is 2.54. The SMILES string of the molecule is CC(C)S(=O)(=O)NCCCCCNc1cccc2ncccc12. The predicted molar refractivity (Wildman–Crippen MR) is 96.1 cm³/mol. The van der Waals surface area contributed by atoms with Gasteiger partial charge in [-0.3, -0.25) is 4.98 Å². The van der Waals surface area contributed by atoms with E-state index in [0.717, 1.165) is 42.4 Å². The monoisotopic (exact) mass is 335 g/mol. The number of anilines is 1. The second kappa shape index (κ2) is 8.26. The molecule has 0 spiro atoms. The van der Waals surface area contributed by atoms with Gasteiger partial charge >= 0.3 is 0 Å². The molecule has 2 N–H and O–H groups in total. The topological polar surface area (TPSA) is 71.1 Å². The van der Waals surface area contributed by atoms with Crippen LogP contribution in [-0.4, -0.2) is 31.7 Å². The van der Waals surface area contributed by atoms with Crippen LogP contribution in [0.25, 0.3) is 10.9 Å². The van der Waals surface area contributed by atoms with Crippen molar-refractivity contribution in [3.8, 4) is 0 Å². The van der Waals surface area contributed by atoms with Gasteiger partial charge in [0.15, 0.2) is 0 Å². The van der Waals surface area contributed by atoms with Crippen LogP contribution >= 0.6 is 0 Å². The zero-order valence-corrected chi connectivity index (χ0v) is 14.6. The molecule has 23 heavy (non-hydrogen) atoms. The lowest BCUT2D eigenvalue weighted by Crippen LogP contribution is -2.31. The fraction of sp³-hybridized carbons (Fsp3) is 0.471. The highest BCUT2D eigenvalue weighted by atomic mass is 32.2. The molecule has 0 aliphatic carbocycles. The highest BCUT2D eigenvalue weighted by Gasteiger charge is 2.13. The highest BCUT2D eigenvalue weighted by Crippen LogP contribution is 2.21. The van der Waals surface area contributed by atoms with Crippen LogP contribution in [0.5, 0.6) is 0 Å². The van der Waals surface area contributed by atoms with Gasteiger partial charge in [-0.05, 0) is 51.0 Å². The summed E-state index contributed by atoms with van der Waals surface area (Å²) in [6.07, 6.45) is 4.63. The Morgan fingerprint density at radius 1 is 1.04 bits per heavy atom. The molecule has 126 valence electrons. The standard InChI is InChI=1S/C17H25N3O2S/c1-14(2)23(21,22)20-13-5-3-4-11-18-16-9-6-10-17-15(16)8-7-12-19-17/h6-10,12,14,18,20H,3-5,11,13H2,1-2H3. The molecule has 1 aromatic carbocycles. The van der Waals surface area contributed by atoms with Crippen LogP contribution < -0.4 is 10.0 Å². The molecular formula is C17H25N3O2S. The average molecular weight is 335 g/mol. The Morgan fingerprint density at radius 2 is 1.83 bits per heavy atom. The fourth-order valence-electron chi connectivity index (χ4n) is 2.29. The van der Waals surface area contributed by atoms with Crippen LogP contribution in [0.1, 0.15) is 33.1 Å². The fourth-order valence-corrected chi connectivity index (χ4v) is 3.05. The molecule has 0 bridgehead atoms. The molecule has 0 saturated carbocycles. The second-order valence-corrected chi connectivity index (χ2v) is 8.17. The van der Waals surface area contributed by atoms with E-state index in [9.17, 15) is 8.42 Å². The largest absolute Gasteiger partial charge is 0.384 e. The maximum atomic E-state index is 11.6. The summed E-state index contributed by atoms with van der Waals surface area (Å²) in [4.78, 5) is 4.34. The zero-order chi connectivity index (χ0) is 16.7. The van der Waals surface area contributed by atoms with Gasteiger partial charge in [-0.2, -0.15) is 0 Å². The summed E-state index contributed by atoms with van der Waals surface area (Å²) in [6, 6.07) is 10.1. The molecule has 0 radical (unpaired) electrons. The van der Waals surface area contributed by atoms with Crippen molar-refractivity contribution in [2.75, 3.05) is 18.4 Å². The van der Waals surface area contributed by atoms with Crippen LogP contribution in [-0.2, 0) is 10.0 Å². The summed E-state index contributed by atoms with van der Waals surface area (Å²) in [7, 11) is -3.13. The molecule has 6 heteroatoms. The van der Waals surface area contributed by atoms with Crippen LogP contribution in [0.2, 0.25) is 0 Å². The van der Waals surface area contributed by atoms with Crippen molar-refractivity contribution in [2.24, 2.45) is 0 Å². The number of aromatic nitrogens is 1. The molecule has 0 aliphatic rings. The highest BCUT2D eigenvalue weighted by molar-refractivity contribution is 7.90. The number of nitrogens with one attached hydrogen (secondary N) is 2. The summed E-state index contributed by atoms with van der Waals surface area (Å²) in [5, 5.41) is 4.19. The third-order valence-electron chi connectivity index (χ3n) is 3.74. The van der Waals surface area contributed by atoms with E-state index >= 15 is 0 Å². The maximum absolute atomic E-state index is 11.6. The van der Waals surface area contributed by atoms with Gasteiger partial charge in [0.1, 0.15) is 0 Å². The quantitative estimate of drug-likeness (QED) is 0.691. The third kappa shape index (κ3) is 5.18. The lowest BCUT2D eigenvalue weighted by Gasteiger charge is -2.10. The molecule has 5 nitrogen and oxygen atoms in total. The lowest BCUT2D eigenvalue weighted by atomic mass is 10.1. The minimum absolute atomic E-state index is 0.371. The minimum Gasteiger partial charge on any atom is -0.384 e. The number of sulfonamides is 1. The molecular weight excluding hydrogens is 310 g/mol. The van der Waals surface area contributed by atoms with Crippen LogP contribution in [0, 0.1) is 0 Å². The van der Waals surface area contributed by atoms with E-state index in [2.05, 4.69) is 27.2 Å². The first-order chi connectivity index (χ1) is 11.0. The van der Waals surface area contributed by atoms with E-state index in [1.54, 1.807) is 20.0 Å². The van der Waals surface area contributed by atoms with E-state index in [4.69, 9.17) is 0 Å². The summed E-state index contributed by atoms with van der Waals surface area (Å²) < 4.78 is 25.8. The van der Waals surface area contributed by atoms with Crippen molar-refractivity contribution in [3.05, 3.63) is 36.5 Å². The number of benzene rings is 1. The molecule has 0 aliphatic heterocycles. The molecule has 0 unspecified atom stereocenters. The number of hydrogen-bond donors (Lipinski definition) is 2. The molecule has 2 aromatic rings. The van der Waals surface area contributed by atoms with Crippen LogP contribution in [0.4, 0.5) is 5.69 Å². The van der Waals surface area contributed by atoms with Gasteiger partial charge in [0, 0.05) is 30.4 Å². The molecule has 1 aromatic heterocycles. The molecule has 0 saturated heterocycles. The van der Waals surface area contributed by atoms with E-state index in [1.165, 1.54) is 0 Å². The van der Waals surface area contributed by atoms with Crippen LogP contribution in [0.3, 0.4) is 0 Å². The van der Waals surface area contributed by atoms with E-state index < -0.39 is 10.0 Å². The maximum Gasteiger partial charge on any atom is 0.213 e. The van der Waals surface area contributed by atoms with Gasteiger partial charge < -0.3 is 5.32 Å². The first-order valence-electron chi connectivity index (χ1n) is 8.07. The number of pyridine rings is 1. The number of rotatable bonds is 9. The minimum atomic E-state index is -3.13. The number of hydrogen-bond acceptors (Lipinski definition) is 4. The van der Waals surface area contributed by atoms with Crippen LogP contribution in [0.15, 0.2) is 36.5 Å². The Balaban J connectivity index is 1.70. The summed E-state index contributed by atoms with van der Waals surface area (Å²) in [5.74, 6) is 0. The van der Waals surface area contributed by atoms with E-state index in [0.29, 0.717) is 6.54 Å². The molecule has 1 heterocycles. The van der Waals surface area contributed by atoms with Crippen molar-refractivity contribution in [1.29, 1.82) is 0 Å². The van der Waals surface area contributed by atoms with Gasteiger partial charge in [0.2, 0.25) is 10.0 Å². The Kier molecular flexibility index (Phi) is 6.36. The predicted octanol–water partition coefficient (Wildman–Crippen LogP) is 3.14. The van der Waals surface area contributed by atoms with E-state index in [1.807, 2.05) is 18.2 Å². The third-order valence-corrected chi connectivity index (χ3v) is 5.59. The number of nitrogens with zero attached hydrogens (tertiary/aromatic N) is 1. The van der Waals surface area contributed by atoms with Crippen molar-refractivity contribution in [1.82, 2.24) is 9.71 Å². The molecule has 2 rings (SSSR count). The Labute approximate surface area is 138 Å². The van der Waals surface area contributed by atoms with E-state index in [-0.39, 0.29) is 5.25 Å². The zero-order valence-electron chi connectivity index (χ0n) is 13.7. The first kappa shape index (κ1) is 17.7. The molecule has 0 atom stereocenters. The second-order valence-electron chi connectivity index (χ2n) is 5.85. The number of fused-ring (bicyclic) bond motifs is 1. The van der Waals surface area contributed by atoms with Crippen molar-refractivity contribution < 1.29 is 8.42 Å². The Hall–Kier alpha value is -1.66. The molecule has 0 fully saturated rings. The first-order valence-corrected chi connectivity index (χ1v) is 9.61. The molecule has 0 amide bonds. The summed E-state index contributed by atoms with van der Waals surface area (Å²) in [5.41, 5.74) is 2.08. The van der Waals surface area contributed by atoms with Gasteiger partial charge in [-0.15, -0.1) is 0 Å². The van der Waals surface area contributed by atoms with Gasteiger partial charge in [0.25, 0.3) is 0 Å². The van der Waals surface area contributed by atoms with Gasteiger partial charge in [-0.25, -0.2) is 13.1 Å². The normalized spacial score (nSPS) is 12.0. The Morgan fingerprint density at radius 3 is 2.61 bits per heavy atom. The van der Waals surface area contributed by atoms with Crippen molar-refractivity contribution in [2.45, 2.75) is 38.4 Å². The smallest absolute Gasteiger partial charge is 0.213 e. The van der Waals surface area contributed by atoms with Crippen molar-refractivity contribution >= 4 is 26.6 Å². The number of unbranched alkanes of at least 4 members (excludes halogenated alkanes) is 2. The van der Waals surface area contributed by atoms with Gasteiger partial charge in [-0.1, -0.05) is 12.5 Å². The summed E-state index contributed by atoms with van der Waals surface area (Å²) >= 11 is 0.